The zero-order valence-corrected chi connectivity index (χ0v) is 13.0. The molecule has 2 atom stereocenters. The third-order valence-electron chi connectivity index (χ3n) is 4.92. The highest BCUT2D eigenvalue weighted by Crippen LogP contribution is 2.19. The summed E-state index contributed by atoms with van der Waals surface area (Å²) in [7, 11) is 0. The second kappa shape index (κ2) is 6.14. The standard InChI is InChI=1S/C15H24N4O3/c1-10-14(21)19-8-7-18(9-12(19)13(20)16-10)15(22)17-11-5-3-2-4-6-11/h10-12H,2-9H2,1H3,(H,16,20)(H,17,22). The van der Waals surface area contributed by atoms with Gasteiger partial charge in [0.25, 0.3) is 0 Å². The fraction of sp³-hybridized carbons (Fsp3) is 0.800. The fourth-order valence-corrected chi connectivity index (χ4v) is 3.59. The van der Waals surface area contributed by atoms with Crippen molar-refractivity contribution in [2.45, 2.75) is 57.2 Å². The van der Waals surface area contributed by atoms with E-state index in [9.17, 15) is 14.4 Å². The van der Waals surface area contributed by atoms with Gasteiger partial charge < -0.3 is 20.4 Å². The molecule has 0 aromatic heterocycles. The molecule has 4 amide bonds. The van der Waals surface area contributed by atoms with Crippen molar-refractivity contribution in [3.8, 4) is 0 Å². The second-order valence-corrected chi connectivity index (χ2v) is 6.51. The summed E-state index contributed by atoms with van der Waals surface area (Å²) in [4.78, 5) is 39.8. The lowest BCUT2D eigenvalue weighted by atomic mass is 9.96. The Kier molecular flexibility index (Phi) is 4.22. The molecule has 2 unspecified atom stereocenters. The van der Waals surface area contributed by atoms with Crippen molar-refractivity contribution >= 4 is 17.8 Å². The number of urea groups is 1. The molecule has 0 radical (unpaired) electrons. The molecule has 22 heavy (non-hydrogen) atoms. The van der Waals surface area contributed by atoms with Gasteiger partial charge in [0.2, 0.25) is 11.8 Å². The topological polar surface area (TPSA) is 81.8 Å². The Morgan fingerprint density at radius 2 is 1.91 bits per heavy atom. The van der Waals surface area contributed by atoms with Gasteiger partial charge in [-0.2, -0.15) is 0 Å². The molecule has 2 saturated heterocycles. The highest BCUT2D eigenvalue weighted by Gasteiger charge is 2.42. The average Bonchev–Trinajstić information content (AvgIpc) is 2.53. The molecule has 2 aliphatic heterocycles. The summed E-state index contributed by atoms with van der Waals surface area (Å²) < 4.78 is 0. The Labute approximate surface area is 130 Å². The minimum Gasteiger partial charge on any atom is -0.343 e. The summed E-state index contributed by atoms with van der Waals surface area (Å²) >= 11 is 0. The largest absolute Gasteiger partial charge is 0.343 e. The van der Waals surface area contributed by atoms with Gasteiger partial charge in [-0.05, 0) is 19.8 Å². The number of hydrogen-bond donors (Lipinski definition) is 2. The number of fused-ring (bicyclic) bond motifs is 1. The first kappa shape index (κ1) is 15.1. The van der Waals surface area contributed by atoms with Gasteiger partial charge in [-0.3, -0.25) is 9.59 Å². The Bertz CT molecular complexity index is 475. The smallest absolute Gasteiger partial charge is 0.317 e. The normalized spacial score (nSPS) is 29.9. The Balaban J connectivity index is 1.59. The van der Waals surface area contributed by atoms with Crippen LogP contribution in [0.5, 0.6) is 0 Å². The van der Waals surface area contributed by atoms with Gasteiger partial charge in [0, 0.05) is 19.1 Å². The van der Waals surface area contributed by atoms with Crippen molar-refractivity contribution < 1.29 is 14.4 Å². The maximum Gasteiger partial charge on any atom is 0.317 e. The van der Waals surface area contributed by atoms with E-state index in [1.807, 2.05) is 0 Å². The number of nitrogens with zero attached hydrogens (tertiary/aromatic N) is 2. The van der Waals surface area contributed by atoms with Gasteiger partial charge in [0.1, 0.15) is 12.1 Å². The third-order valence-corrected chi connectivity index (χ3v) is 4.92. The number of carbonyl (C=O) groups excluding carboxylic acids is 3. The maximum absolute atomic E-state index is 12.4. The average molecular weight is 308 g/mol. The zero-order chi connectivity index (χ0) is 15.7. The lowest BCUT2D eigenvalue weighted by molar-refractivity contribution is -0.151. The maximum atomic E-state index is 12.4. The third kappa shape index (κ3) is 2.89. The molecule has 0 spiro atoms. The van der Waals surface area contributed by atoms with Crippen molar-refractivity contribution in [2.24, 2.45) is 0 Å². The van der Waals surface area contributed by atoms with Crippen molar-refractivity contribution in [3.63, 3.8) is 0 Å². The molecule has 3 aliphatic rings. The van der Waals surface area contributed by atoms with Gasteiger partial charge in [-0.1, -0.05) is 19.3 Å². The van der Waals surface area contributed by atoms with Gasteiger partial charge in [-0.25, -0.2) is 4.79 Å². The van der Waals surface area contributed by atoms with E-state index < -0.39 is 12.1 Å². The molecule has 2 N–H and O–H groups in total. The number of rotatable bonds is 1. The van der Waals surface area contributed by atoms with E-state index in [4.69, 9.17) is 0 Å². The molecule has 0 aromatic rings. The Hall–Kier alpha value is -1.79. The summed E-state index contributed by atoms with van der Waals surface area (Å²) in [6, 6.07) is -0.868. The predicted molar refractivity (Wildman–Crippen MR) is 80.1 cm³/mol. The minimum absolute atomic E-state index is 0.0584. The summed E-state index contributed by atoms with van der Waals surface area (Å²) in [5.74, 6) is -0.223. The van der Waals surface area contributed by atoms with Crippen LogP contribution in [0.3, 0.4) is 0 Å². The number of nitrogens with one attached hydrogen (secondary N) is 2. The predicted octanol–water partition coefficient (Wildman–Crippen LogP) is 0.0598. The van der Waals surface area contributed by atoms with Crippen LogP contribution in [0.4, 0.5) is 4.79 Å². The van der Waals surface area contributed by atoms with Gasteiger partial charge in [0.15, 0.2) is 0 Å². The first-order valence-corrected chi connectivity index (χ1v) is 8.22. The van der Waals surface area contributed by atoms with Gasteiger partial charge in [0.05, 0.1) is 6.54 Å². The molecule has 0 bridgehead atoms. The fourth-order valence-electron chi connectivity index (χ4n) is 3.59. The molecule has 7 heteroatoms. The van der Waals surface area contributed by atoms with Crippen LogP contribution >= 0.6 is 0 Å². The van der Waals surface area contributed by atoms with Crippen molar-refractivity contribution in [1.82, 2.24) is 20.4 Å². The van der Waals surface area contributed by atoms with Crippen LogP contribution in [0.2, 0.25) is 0 Å². The summed E-state index contributed by atoms with van der Waals surface area (Å²) in [5, 5.41) is 5.75. The zero-order valence-electron chi connectivity index (χ0n) is 13.0. The molecule has 0 aromatic carbocycles. The number of piperazine rings is 2. The molecule has 122 valence electrons. The van der Waals surface area contributed by atoms with Crippen LogP contribution in [-0.4, -0.2) is 65.4 Å². The summed E-state index contributed by atoms with van der Waals surface area (Å²) in [6.07, 6.45) is 5.64. The summed E-state index contributed by atoms with van der Waals surface area (Å²) in [5.41, 5.74) is 0. The monoisotopic (exact) mass is 308 g/mol. The molecule has 3 rings (SSSR count). The second-order valence-electron chi connectivity index (χ2n) is 6.51. The van der Waals surface area contributed by atoms with E-state index in [0.717, 1.165) is 25.7 Å². The van der Waals surface area contributed by atoms with E-state index in [1.165, 1.54) is 6.42 Å². The van der Waals surface area contributed by atoms with Gasteiger partial charge >= 0.3 is 6.03 Å². The van der Waals surface area contributed by atoms with Crippen LogP contribution in [-0.2, 0) is 9.59 Å². The molecular formula is C15H24N4O3. The van der Waals surface area contributed by atoms with Crippen molar-refractivity contribution in [1.29, 1.82) is 0 Å². The van der Waals surface area contributed by atoms with Crippen molar-refractivity contribution in [3.05, 3.63) is 0 Å². The van der Waals surface area contributed by atoms with E-state index in [1.54, 1.807) is 16.7 Å². The first-order chi connectivity index (χ1) is 10.6. The molecule has 1 saturated carbocycles. The lowest BCUT2D eigenvalue weighted by Crippen LogP contribution is -2.69. The van der Waals surface area contributed by atoms with Crippen LogP contribution < -0.4 is 10.6 Å². The Morgan fingerprint density at radius 1 is 1.18 bits per heavy atom. The number of carbonyl (C=O) groups is 3. The molecular weight excluding hydrogens is 284 g/mol. The molecule has 2 heterocycles. The molecule has 3 fully saturated rings. The SMILES string of the molecule is CC1NC(=O)C2CN(C(=O)NC3CCCCC3)CCN2C1=O. The summed E-state index contributed by atoms with van der Waals surface area (Å²) in [6.45, 7) is 2.89. The quantitative estimate of drug-likeness (QED) is 0.719. The van der Waals surface area contributed by atoms with E-state index in [2.05, 4.69) is 10.6 Å². The van der Waals surface area contributed by atoms with E-state index >= 15 is 0 Å². The van der Waals surface area contributed by atoms with Crippen LogP contribution in [0, 0.1) is 0 Å². The van der Waals surface area contributed by atoms with Crippen LogP contribution in [0.25, 0.3) is 0 Å². The Morgan fingerprint density at radius 3 is 2.64 bits per heavy atom. The van der Waals surface area contributed by atoms with E-state index in [0.29, 0.717) is 13.1 Å². The highest BCUT2D eigenvalue weighted by molar-refractivity contribution is 5.97. The minimum atomic E-state index is -0.547. The van der Waals surface area contributed by atoms with Gasteiger partial charge in [-0.15, -0.1) is 0 Å². The molecule has 7 nitrogen and oxygen atoms in total. The number of hydrogen-bond acceptors (Lipinski definition) is 3. The first-order valence-electron chi connectivity index (χ1n) is 8.22. The lowest BCUT2D eigenvalue weighted by Gasteiger charge is -2.44. The van der Waals surface area contributed by atoms with Crippen LogP contribution in [0.1, 0.15) is 39.0 Å². The highest BCUT2D eigenvalue weighted by atomic mass is 16.2. The van der Waals surface area contributed by atoms with Crippen LogP contribution in [0.15, 0.2) is 0 Å². The van der Waals surface area contributed by atoms with E-state index in [-0.39, 0.29) is 30.4 Å². The van der Waals surface area contributed by atoms with Crippen molar-refractivity contribution in [2.75, 3.05) is 19.6 Å². The molecule has 1 aliphatic carbocycles. The number of amides is 4.